The van der Waals surface area contributed by atoms with Crippen molar-refractivity contribution >= 4 is 27.7 Å². The maximum atomic E-state index is 4.48. The van der Waals surface area contributed by atoms with Crippen molar-refractivity contribution in [3.63, 3.8) is 0 Å². The molecule has 0 fully saturated rings. The smallest absolute Gasteiger partial charge is 0.224 e. The monoisotopic (exact) mass is 314 g/mol. The van der Waals surface area contributed by atoms with E-state index in [-0.39, 0.29) is 5.41 Å². The zero-order valence-corrected chi connectivity index (χ0v) is 13.4. The van der Waals surface area contributed by atoms with Crippen molar-refractivity contribution in [1.29, 1.82) is 0 Å². The SMILES string of the molecule is CCCNc1ncc(Br)c(NC(C)C(C)(C)C)n1. The van der Waals surface area contributed by atoms with Gasteiger partial charge >= 0.3 is 0 Å². The number of rotatable bonds is 5. The Kier molecular flexibility index (Phi) is 5.38. The zero-order valence-electron chi connectivity index (χ0n) is 11.8. The van der Waals surface area contributed by atoms with E-state index in [1.54, 1.807) is 6.20 Å². The van der Waals surface area contributed by atoms with Crippen LogP contribution in [-0.2, 0) is 0 Å². The van der Waals surface area contributed by atoms with E-state index in [1.165, 1.54) is 0 Å². The van der Waals surface area contributed by atoms with Crippen LogP contribution in [0.25, 0.3) is 0 Å². The fourth-order valence-corrected chi connectivity index (χ4v) is 1.52. The summed E-state index contributed by atoms with van der Waals surface area (Å²) >= 11 is 3.48. The lowest BCUT2D eigenvalue weighted by atomic mass is 9.88. The summed E-state index contributed by atoms with van der Waals surface area (Å²) in [6.07, 6.45) is 2.84. The Labute approximate surface area is 118 Å². The molecule has 0 amide bonds. The predicted octanol–water partition coefficient (Wildman–Crippen LogP) is 3.91. The largest absolute Gasteiger partial charge is 0.366 e. The van der Waals surface area contributed by atoms with Gasteiger partial charge in [-0.25, -0.2) is 4.98 Å². The fraction of sp³-hybridized carbons (Fsp3) is 0.692. The molecule has 1 rings (SSSR count). The highest BCUT2D eigenvalue weighted by Gasteiger charge is 2.21. The zero-order chi connectivity index (χ0) is 13.8. The van der Waals surface area contributed by atoms with Gasteiger partial charge in [-0.05, 0) is 34.7 Å². The van der Waals surface area contributed by atoms with Gasteiger partial charge in [0.05, 0.1) is 4.47 Å². The third-order valence-electron chi connectivity index (χ3n) is 2.93. The molecule has 4 nitrogen and oxygen atoms in total. The third kappa shape index (κ3) is 4.44. The van der Waals surface area contributed by atoms with E-state index in [4.69, 9.17) is 0 Å². The second kappa shape index (κ2) is 6.36. The van der Waals surface area contributed by atoms with Crippen molar-refractivity contribution in [3.8, 4) is 0 Å². The summed E-state index contributed by atoms with van der Waals surface area (Å²) in [7, 11) is 0. The topological polar surface area (TPSA) is 49.8 Å². The van der Waals surface area contributed by atoms with Crippen LogP contribution in [0.1, 0.15) is 41.0 Å². The van der Waals surface area contributed by atoms with E-state index in [2.05, 4.69) is 71.2 Å². The van der Waals surface area contributed by atoms with Gasteiger partial charge in [0.25, 0.3) is 0 Å². The van der Waals surface area contributed by atoms with Crippen molar-refractivity contribution in [1.82, 2.24) is 9.97 Å². The Morgan fingerprint density at radius 3 is 2.61 bits per heavy atom. The minimum atomic E-state index is 0.182. The summed E-state index contributed by atoms with van der Waals surface area (Å²) in [6, 6.07) is 0.322. The molecule has 0 aromatic carbocycles. The molecule has 0 radical (unpaired) electrons. The molecule has 0 aliphatic rings. The molecule has 2 N–H and O–H groups in total. The molecule has 0 aliphatic heterocycles. The molecule has 0 saturated heterocycles. The quantitative estimate of drug-likeness (QED) is 0.865. The van der Waals surface area contributed by atoms with E-state index in [9.17, 15) is 0 Å². The van der Waals surface area contributed by atoms with Crippen molar-refractivity contribution in [2.45, 2.75) is 47.1 Å². The average molecular weight is 315 g/mol. The number of halogens is 1. The summed E-state index contributed by atoms with van der Waals surface area (Å²) in [6.45, 7) is 11.8. The van der Waals surface area contributed by atoms with E-state index < -0.39 is 0 Å². The molecule has 0 spiro atoms. The van der Waals surface area contributed by atoms with Crippen LogP contribution in [0.5, 0.6) is 0 Å². The Hall–Kier alpha value is -0.840. The van der Waals surface area contributed by atoms with Crippen LogP contribution in [0.15, 0.2) is 10.7 Å². The molecule has 1 heterocycles. The highest BCUT2D eigenvalue weighted by Crippen LogP contribution is 2.26. The molecule has 0 aliphatic carbocycles. The van der Waals surface area contributed by atoms with E-state index in [0.717, 1.165) is 23.3 Å². The number of anilines is 2. The van der Waals surface area contributed by atoms with Crippen LogP contribution in [0.2, 0.25) is 0 Å². The Morgan fingerprint density at radius 1 is 1.39 bits per heavy atom. The third-order valence-corrected chi connectivity index (χ3v) is 3.51. The first-order valence-electron chi connectivity index (χ1n) is 6.37. The van der Waals surface area contributed by atoms with Gasteiger partial charge in [-0.1, -0.05) is 27.7 Å². The maximum absolute atomic E-state index is 4.48. The molecule has 1 aromatic rings. The summed E-state index contributed by atoms with van der Waals surface area (Å²) < 4.78 is 0.889. The fourth-order valence-electron chi connectivity index (χ4n) is 1.21. The number of aromatic nitrogens is 2. The van der Waals surface area contributed by atoms with Crippen LogP contribution in [0.3, 0.4) is 0 Å². The number of nitrogens with one attached hydrogen (secondary N) is 2. The average Bonchev–Trinajstić information content (AvgIpc) is 2.28. The molecule has 102 valence electrons. The standard InChI is InChI=1S/C13H23BrN4/c1-6-7-15-12-16-8-10(14)11(18-12)17-9(2)13(3,4)5/h8-9H,6-7H2,1-5H3,(H2,15,16,17,18). The second-order valence-electron chi connectivity index (χ2n) is 5.55. The lowest BCUT2D eigenvalue weighted by molar-refractivity contribution is 0.358. The minimum absolute atomic E-state index is 0.182. The van der Waals surface area contributed by atoms with Gasteiger partial charge in [-0.15, -0.1) is 0 Å². The van der Waals surface area contributed by atoms with Gasteiger partial charge in [0.2, 0.25) is 5.95 Å². The van der Waals surface area contributed by atoms with Gasteiger partial charge in [0, 0.05) is 18.8 Å². The molecule has 1 aromatic heterocycles. The van der Waals surface area contributed by atoms with Crippen LogP contribution in [-0.4, -0.2) is 22.6 Å². The van der Waals surface area contributed by atoms with Gasteiger partial charge in [-0.3, -0.25) is 0 Å². The Balaban J connectivity index is 2.81. The predicted molar refractivity (Wildman–Crippen MR) is 81.1 cm³/mol. The van der Waals surface area contributed by atoms with E-state index in [1.807, 2.05) is 0 Å². The van der Waals surface area contributed by atoms with Crippen LogP contribution < -0.4 is 10.6 Å². The molecular formula is C13H23BrN4. The molecule has 18 heavy (non-hydrogen) atoms. The highest BCUT2D eigenvalue weighted by molar-refractivity contribution is 9.10. The molecule has 1 atom stereocenters. The first-order chi connectivity index (χ1) is 8.34. The number of nitrogens with zero attached hydrogens (tertiary/aromatic N) is 2. The molecular weight excluding hydrogens is 292 g/mol. The summed E-state index contributed by atoms with van der Waals surface area (Å²) in [5.41, 5.74) is 0.182. The summed E-state index contributed by atoms with van der Waals surface area (Å²) in [5.74, 6) is 1.51. The number of hydrogen-bond acceptors (Lipinski definition) is 4. The Bertz CT molecular complexity index is 387. The Morgan fingerprint density at radius 2 is 2.06 bits per heavy atom. The lowest BCUT2D eigenvalue weighted by Crippen LogP contribution is -2.31. The minimum Gasteiger partial charge on any atom is -0.366 e. The van der Waals surface area contributed by atoms with E-state index in [0.29, 0.717) is 12.0 Å². The molecule has 0 saturated carbocycles. The molecule has 0 bridgehead atoms. The second-order valence-corrected chi connectivity index (χ2v) is 6.40. The van der Waals surface area contributed by atoms with E-state index >= 15 is 0 Å². The lowest BCUT2D eigenvalue weighted by Gasteiger charge is -2.28. The highest BCUT2D eigenvalue weighted by atomic mass is 79.9. The van der Waals surface area contributed by atoms with Crippen LogP contribution >= 0.6 is 15.9 Å². The van der Waals surface area contributed by atoms with Gasteiger partial charge in [0.15, 0.2) is 0 Å². The summed E-state index contributed by atoms with van der Waals surface area (Å²) in [4.78, 5) is 8.72. The first-order valence-corrected chi connectivity index (χ1v) is 7.17. The van der Waals surface area contributed by atoms with Crippen molar-refractivity contribution in [2.24, 2.45) is 5.41 Å². The van der Waals surface area contributed by atoms with Gasteiger partial charge < -0.3 is 10.6 Å². The van der Waals surface area contributed by atoms with Crippen LogP contribution in [0, 0.1) is 5.41 Å². The molecule has 1 unspecified atom stereocenters. The van der Waals surface area contributed by atoms with Crippen LogP contribution in [0.4, 0.5) is 11.8 Å². The summed E-state index contributed by atoms with van der Waals surface area (Å²) in [5, 5.41) is 6.62. The molecule has 5 heteroatoms. The number of hydrogen-bond donors (Lipinski definition) is 2. The van der Waals surface area contributed by atoms with Gasteiger partial charge in [-0.2, -0.15) is 4.98 Å². The van der Waals surface area contributed by atoms with Crippen molar-refractivity contribution in [2.75, 3.05) is 17.2 Å². The first kappa shape index (κ1) is 15.2. The van der Waals surface area contributed by atoms with Gasteiger partial charge in [0.1, 0.15) is 5.82 Å². The normalized spacial score (nSPS) is 13.2. The maximum Gasteiger partial charge on any atom is 0.224 e. The van der Waals surface area contributed by atoms with Crippen molar-refractivity contribution < 1.29 is 0 Å². The van der Waals surface area contributed by atoms with Crippen molar-refractivity contribution in [3.05, 3.63) is 10.7 Å².